The number of carbonyl (C=O) groups is 1. The van der Waals surface area contributed by atoms with Crippen molar-refractivity contribution in [2.45, 2.75) is 20.8 Å². The van der Waals surface area contributed by atoms with Gasteiger partial charge in [0.25, 0.3) is 0 Å². The molecule has 1 N–H and O–H groups in total. The Bertz CT molecular complexity index is 998. The molecule has 0 atom stereocenters. The number of methoxy groups -OCH3 is 1. The SMILES string of the molecule is CC(=O)/C=C(/C)O.COc1cc[c-]c(-c2ccc3cc(C)c(F)cc3n2)c1.[Ir]. The van der Waals surface area contributed by atoms with Gasteiger partial charge >= 0.3 is 0 Å². The molecule has 0 spiro atoms. The Morgan fingerprint density at radius 3 is 2.50 bits per heavy atom. The number of fused-ring (bicyclic) bond motifs is 1. The monoisotopic (exact) mass is 559 g/mol. The fourth-order valence-electron chi connectivity index (χ4n) is 2.42. The second-order valence-electron chi connectivity index (χ2n) is 6.03. The molecule has 4 nitrogen and oxygen atoms in total. The number of aromatic nitrogens is 1. The molecule has 0 bridgehead atoms. The van der Waals surface area contributed by atoms with Crippen molar-refractivity contribution >= 4 is 16.7 Å². The van der Waals surface area contributed by atoms with E-state index >= 15 is 0 Å². The number of aliphatic hydroxyl groups is 1. The maximum atomic E-state index is 13.6. The van der Waals surface area contributed by atoms with Crippen LogP contribution in [0.2, 0.25) is 0 Å². The predicted octanol–water partition coefficient (Wildman–Crippen LogP) is 5.19. The van der Waals surface area contributed by atoms with Crippen LogP contribution in [-0.4, -0.2) is 23.0 Å². The zero-order valence-corrected chi connectivity index (χ0v) is 18.4. The number of aryl methyl sites for hydroxylation is 1. The third-order valence-corrected chi connectivity index (χ3v) is 3.67. The minimum atomic E-state index is -0.239. The molecule has 1 heterocycles. The molecule has 3 aromatic rings. The fourth-order valence-corrected chi connectivity index (χ4v) is 2.42. The molecule has 2 aromatic carbocycles. The molecule has 3 rings (SSSR count). The van der Waals surface area contributed by atoms with Crippen LogP contribution >= 0.6 is 0 Å². The molecule has 1 radical (unpaired) electrons. The first kappa shape index (κ1) is 23.5. The number of carbonyl (C=O) groups excluding carboxylic acids is 1. The van der Waals surface area contributed by atoms with E-state index in [2.05, 4.69) is 11.1 Å². The summed E-state index contributed by atoms with van der Waals surface area (Å²) in [7, 11) is 1.62. The van der Waals surface area contributed by atoms with Crippen LogP contribution in [0.15, 0.2) is 54.3 Å². The van der Waals surface area contributed by atoms with Crippen molar-refractivity contribution in [3.63, 3.8) is 0 Å². The van der Waals surface area contributed by atoms with Gasteiger partial charge in [0.2, 0.25) is 0 Å². The molecule has 6 heteroatoms. The second-order valence-corrected chi connectivity index (χ2v) is 6.03. The molecule has 0 saturated heterocycles. The molecule has 0 fully saturated rings. The number of allylic oxidation sites excluding steroid dienone is 2. The van der Waals surface area contributed by atoms with Gasteiger partial charge in [0.05, 0.1) is 18.4 Å². The van der Waals surface area contributed by atoms with Gasteiger partial charge < -0.3 is 9.84 Å². The van der Waals surface area contributed by atoms with Crippen molar-refractivity contribution in [2.75, 3.05) is 7.11 Å². The van der Waals surface area contributed by atoms with E-state index in [1.165, 1.54) is 26.0 Å². The topological polar surface area (TPSA) is 59.4 Å². The quantitative estimate of drug-likeness (QED) is 0.273. The Morgan fingerprint density at radius 1 is 1.21 bits per heavy atom. The number of ether oxygens (including phenoxy) is 1. The van der Waals surface area contributed by atoms with Crippen LogP contribution in [0.5, 0.6) is 5.75 Å². The molecule has 0 aliphatic heterocycles. The van der Waals surface area contributed by atoms with Crippen LogP contribution in [0.4, 0.5) is 4.39 Å². The van der Waals surface area contributed by atoms with E-state index in [0.717, 1.165) is 22.4 Å². The van der Waals surface area contributed by atoms with Gasteiger partial charge in [-0.05, 0) is 49.5 Å². The largest absolute Gasteiger partial charge is 0.516 e. The number of rotatable bonds is 3. The standard InChI is InChI=1S/C17H13FNO.C5H8O2.Ir/c1-11-8-13-6-7-16(19-17(13)10-15(11)18)12-4-3-5-14(9-12)20-2;1-4(6)3-5(2)7;/h3,5-10H,1-2H3;3,6H,1-2H3;/q-1;;/b;4-3-;. The average molecular weight is 559 g/mol. The number of hydrogen-bond acceptors (Lipinski definition) is 4. The van der Waals surface area contributed by atoms with Gasteiger partial charge in [-0.25, -0.2) is 4.39 Å². The van der Waals surface area contributed by atoms with E-state index in [-0.39, 0.29) is 37.5 Å². The summed E-state index contributed by atoms with van der Waals surface area (Å²) >= 11 is 0. The van der Waals surface area contributed by atoms with Crippen molar-refractivity contribution < 1.29 is 39.1 Å². The molecule has 0 aliphatic rings. The molecule has 1 aromatic heterocycles. The van der Waals surface area contributed by atoms with Gasteiger partial charge in [-0.1, -0.05) is 12.1 Å². The smallest absolute Gasteiger partial charge is 0.155 e. The summed E-state index contributed by atoms with van der Waals surface area (Å²) in [6, 6.07) is 15.7. The number of aliphatic hydroxyl groups excluding tert-OH is 1. The zero-order valence-electron chi connectivity index (χ0n) is 16.0. The van der Waals surface area contributed by atoms with Gasteiger partial charge in [0, 0.05) is 31.9 Å². The van der Waals surface area contributed by atoms with Crippen molar-refractivity contribution in [1.82, 2.24) is 4.98 Å². The molecule has 0 amide bonds. The molecular weight excluding hydrogens is 537 g/mol. The van der Waals surface area contributed by atoms with Gasteiger partial charge in [0.1, 0.15) is 5.82 Å². The first-order chi connectivity index (χ1) is 12.8. The Hall–Kier alpha value is -2.56. The van der Waals surface area contributed by atoms with Crippen LogP contribution in [0.25, 0.3) is 22.2 Å². The van der Waals surface area contributed by atoms with Crippen molar-refractivity contribution in [3.8, 4) is 17.0 Å². The van der Waals surface area contributed by atoms with Gasteiger partial charge in [0.15, 0.2) is 5.78 Å². The average Bonchev–Trinajstić information content (AvgIpc) is 2.62. The van der Waals surface area contributed by atoms with E-state index < -0.39 is 0 Å². The number of halogens is 1. The van der Waals surface area contributed by atoms with E-state index in [4.69, 9.17) is 9.84 Å². The number of pyridine rings is 1. The molecule has 0 aliphatic carbocycles. The van der Waals surface area contributed by atoms with Crippen LogP contribution < -0.4 is 4.74 Å². The van der Waals surface area contributed by atoms with E-state index in [0.29, 0.717) is 11.1 Å². The number of benzene rings is 2. The summed E-state index contributed by atoms with van der Waals surface area (Å²) in [6.07, 6.45) is 1.17. The predicted molar refractivity (Wildman–Crippen MR) is 104 cm³/mol. The summed E-state index contributed by atoms with van der Waals surface area (Å²) in [5, 5.41) is 9.29. The first-order valence-corrected chi connectivity index (χ1v) is 8.31. The van der Waals surface area contributed by atoms with Crippen molar-refractivity contribution in [1.29, 1.82) is 0 Å². The maximum Gasteiger partial charge on any atom is 0.155 e. The van der Waals surface area contributed by atoms with Gasteiger partial charge in [-0.3, -0.25) is 9.78 Å². The minimum absolute atomic E-state index is 0. The van der Waals surface area contributed by atoms with Crippen LogP contribution in [0.3, 0.4) is 0 Å². The zero-order chi connectivity index (χ0) is 20.0. The van der Waals surface area contributed by atoms with Crippen LogP contribution in [0, 0.1) is 18.8 Å². The summed E-state index contributed by atoms with van der Waals surface area (Å²) < 4.78 is 18.8. The third kappa shape index (κ3) is 6.55. The normalized spacial score (nSPS) is 10.5. The van der Waals surface area contributed by atoms with Crippen LogP contribution in [0.1, 0.15) is 19.4 Å². The molecule has 0 unspecified atom stereocenters. The van der Waals surface area contributed by atoms with Gasteiger partial charge in [-0.2, -0.15) is 0 Å². The second kappa shape index (κ2) is 10.7. The Morgan fingerprint density at radius 2 is 1.93 bits per heavy atom. The minimum Gasteiger partial charge on any atom is -0.516 e. The maximum absolute atomic E-state index is 13.6. The molecule has 28 heavy (non-hydrogen) atoms. The van der Waals surface area contributed by atoms with Crippen molar-refractivity contribution in [3.05, 3.63) is 71.7 Å². The summed E-state index contributed by atoms with van der Waals surface area (Å²) in [6.45, 7) is 4.60. The molecule has 0 saturated carbocycles. The Balaban J connectivity index is 0.000000425. The molecular formula is C22H21FIrNO3-. The van der Waals surface area contributed by atoms with E-state index in [1.807, 2.05) is 24.3 Å². The molecule has 149 valence electrons. The van der Waals surface area contributed by atoms with E-state index in [1.54, 1.807) is 26.2 Å². The van der Waals surface area contributed by atoms with Crippen molar-refractivity contribution in [2.24, 2.45) is 0 Å². The fraction of sp³-hybridized carbons (Fsp3) is 0.182. The van der Waals surface area contributed by atoms with Gasteiger partial charge in [-0.15, -0.1) is 29.8 Å². The Labute approximate surface area is 177 Å². The third-order valence-electron chi connectivity index (χ3n) is 3.67. The first-order valence-electron chi connectivity index (χ1n) is 8.31. The summed E-state index contributed by atoms with van der Waals surface area (Å²) in [5.41, 5.74) is 2.84. The number of ketones is 1. The van der Waals surface area contributed by atoms with Crippen LogP contribution in [-0.2, 0) is 24.9 Å². The summed E-state index contributed by atoms with van der Waals surface area (Å²) in [4.78, 5) is 14.5. The van der Waals surface area contributed by atoms with E-state index in [9.17, 15) is 9.18 Å². The number of hydrogen-bond donors (Lipinski definition) is 1. The Kier molecular flexibility index (Phi) is 8.96. The summed E-state index contributed by atoms with van der Waals surface area (Å²) in [5.74, 6) is 0.444. The number of nitrogens with zero attached hydrogens (tertiary/aromatic N) is 1.